The van der Waals surface area contributed by atoms with Gasteiger partial charge in [-0.05, 0) is 30.3 Å². The van der Waals surface area contributed by atoms with Crippen LogP contribution >= 0.6 is 12.2 Å². The van der Waals surface area contributed by atoms with E-state index in [0.717, 1.165) is 5.11 Å². The van der Waals surface area contributed by atoms with Gasteiger partial charge in [0.25, 0.3) is 0 Å². The average Bonchev–Trinajstić information content (AvgIpc) is 2.27. The molecule has 2 nitrogen and oxygen atoms in total. The highest BCUT2D eigenvalue weighted by Gasteiger charge is 2.21. The molecule has 0 unspecified atom stereocenters. The minimum atomic E-state index is 0.321. The molecule has 1 aromatic carbocycles. The van der Waals surface area contributed by atoms with Crippen LogP contribution in [0.5, 0.6) is 0 Å². The van der Waals surface area contributed by atoms with Crippen LogP contribution < -0.4 is 5.32 Å². The van der Waals surface area contributed by atoms with E-state index in [-0.39, 0.29) is 0 Å². The summed E-state index contributed by atoms with van der Waals surface area (Å²) in [5, 5.41) is 3.89. The highest BCUT2D eigenvalue weighted by Crippen LogP contribution is 2.23. The number of thiocarbonyl (C=S) groups is 1. The average molecular weight is 218 g/mol. The van der Waals surface area contributed by atoms with E-state index in [2.05, 4.69) is 41.4 Å². The largest absolute Gasteiger partial charge is 0.345 e. The SMILES string of the molecule is C[C@@H]1C(c2ccccc2)=CNC(=S)N1C. The van der Waals surface area contributed by atoms with Crippen molar-refractivity contribution in [2.45, 2.75) is 13.0 Å². The van der Waals surface area contributed by atoms with Gasteiger partial charge in [0.2, 0.25) is 0 Å². The number of benzene rings is 1. The molecule has 0 saturated heterocycles. The second-order valence-electron chi connectivity index (χ2n) is 3.70. The molecule has 1 aliphatic rings. The quantitative estimate of drug-likeness (QED) is 0.728. The van der Waals surface area contributed by atoms with E-state index in [9.17, 15) is 0 Å². The second kappa shape index (κ2) is 4.03. The van der Waals surface area contributed by atoms with Crippen molar-refractivity contribution in [1.82, 2.24) is 10.2 Å². The molecule has 0 spiro atoms. The molecule has 0 fully saturated rings. The molecule has 0 amide bonds. The first kappa shape index (κ1) is 10.2. The molecule has 1 atom stereocenters. The fourth-order valence-electron chi connectivity index (χ4n) is 1.70. The first-order chi connectivity index (χ1) is 7.20. The molecular formula is C12H14N2S. The molecule has 0 aromatic heterocycles. The van der Waals surface area contributed by atoms with Crippen LogP contribution in [0.25, 0.3) is 5.57 Å². The van der Waals surface area contributed by atoms with Crippen LogP contribution in [0.1, 0.15) is 12.5 Å². The van der Waals surface area contributed by atoms with Crippen molar-refractivity contribution in [2.24, 2.45) is 0 Å². The molecule has 0 radical (unpaired) electrons. The Hall–Kier alpha value is -1.35. The molecule has 2 rings (SSSR count). The maximum atomic E-state index is 5.18. The molecule has 0 bridgehead atoms. The third-order valence-corrected chi connectivity index (χ3v) is 3.22. The molecular weight excluding hydrogens is 204 g/mol. The molecule has 78 valence electrons. The molecule has 1 N–H and O–H groups in total. The Bertz CT molecular complexity index is 397. The Balaban J connectivity index is 2.35. The normalized spacial score (nSPS) is 20.9. The Morgan fingerprint density at radius 2 is 1.93 bits per heavy atom. The van der Waals surface area contributed by atoms with E-state index in [1.165, 1.54) is 11.1 Å². The van der Waals surface area contributed by atoms with E-state index < -0.39 is 0 Å². The third kappa shape index (κ3) is 1.88. The monoisotopic (exact) mass is 218 g/mol. The Kier molecular flexibility index (Phi) is 2.73. The lowest BCUT2D eigenvalue weighted by Gasteiger charge is -2.33. The summed E-state index contributed by atoms with van der Waals surface area (Å²) in [6, 6.07) is 10.7. The number of likely N-dealkylation sites (N-methyl/N-ethyl adjacent to an activating group) is 1. The lowest BCUT2D eigenvalue weighted by atomic mass is 9.99. The summed E-state index contributed by atoms with van der Waals surface area (Å²) < 4.78 is 0. The molecule has 15 heavy (non-hydrogen) atoms. The predicted octanol–water partition coefficient (Wildman–Crippen LogP) is 2.24. The number of nitrogens with zero attached hydrogens (tertiary/aromatic N) is 1. The van der Waals surface area contributed by atoms with Crippen molar-refractivity contribution in [2.75, 3.05) is 7.05 Å². The smallest absolute Gasteiger partial charge is 0.173 e. The predicted molar refractivity (Wildman–Crippen MR) is 67.4 cm³/mol. The van der Waals surface area contributed by atoms with Crippen molar-refractivity contribution in [3.05, 3.63) is 42.1 Å². The lowest BCUT2D eigenvalue weighted by molar-refractivity contribution is 0.450. The minimum absolute atomic E-state index is 0.321. The summed E-state index contributed by atoms with van der Waals surface area (Å²) in [5.74, 6) is 0. The molecule has 1 heterocycles. The van der Waals surface area contributed by atoms with Gasteiger partial charge in [-0.15, -0.1) is 0 Å². The summed E-state index contributed by atoms with van der Waals surface area (Å²) in [7, 11) is 2.01. The van der Waals surface area contributed by atoms with Crippen LogP contribution in [0.3, 0.4) is 0 Å². The highest BCUT2D eigenvalue weighted by molar-refractivity contribution is 7.80. The van der Waals surface area contributed by atoms with Gasteiger partial charge in [0, 0.05) is 13.2 Å². The number of hydrogen-bond donors (Lipinski definition) is 1. The van der Waals surface area contributed by atoms with Crippen LogP contribution in [0, 0.1) is 0 Å². The van der Waals surface area contributed by atoms with Gasteiger partial charge in [-0.2, -0.15) is 0 Å². The van der Waals surface area contributed by atoms with E-state index in [1.54, 1.807) is 0 Å². The summed E-state index contributed by atoms with van der Waals surface area (Å²) in [5.41, 5.74) is 2.51. The zero-order valence-electron chi connectivity index (χ0n) is 8.90. The fourth-order valence-corrected chi connectivity index (χ4v) is 1.92. The summed E-state index contributed by atoms with van der Waals surface area (Å²) in [6.07, 6.45) is 2.00. The van der Waals surface area contributed by atoms with Gasteiger partial charge >= 0.3 is 0 Å². The third-order valence-electron chi connectivity index (χ3n) is 2.81. The number of rotatable bonds is 1. The van der Waals surface area contributed by atoms with Gasteiger partial charge in [-0.3, -0.25) is 0 Å². The van der Waals surface area contributed by atoms with Crippen molar-refractivity contribution in [3.63, 3.8) is 0 Å². The first-order valence-corrected chi connectivity index (χ1v) is 5.40. The van der Waals surface area contributed by atoms with Crippen LogP contribution in [-0.4, -0.2) is 23.1 Å². The summed E-state index contributed by atoms with van der Waals surface area (Å²) in [4.78, 5) is 2.07. The van der Waals surface area contributed by atoms with Crippen molar-refractivity contribution < 1.29 is 0 Å². The van der Waals surface area contributed by atoms with Crippen LogP contribution in [0.4, 0.5) is 0 Å². The van der Waals surface area contributed by atoms with Crippen LogP contribution in [0.15, 0.2) is 36.5 Å². The van der Waals surface area contributed by atoms with E-state index in [4.69, 9.17) is 12.2 Å². The Morgan fingerprint density at radius 1 is 1.27 bits per heavy atom. The lowest BCUT2D eigenvalue weighted by Crippen LogP contribution is -2.44. The van der Waals surface area contributed by atoms with E-state index in [0.29, 0.717) is 6.04 Å². The Morgan fingerprint density at radius 3 is 2.60 bits per heavy atom. The number of hydrogen-bond acceptors (Lipinski definition) is 1. The summed E-state index contributed by atoms with van der Waals surface area (Å²) >= 11 is 5.18. The van der Waals surface area contributed by atoms with E-state index >= 15 is 0 Å². The fraction of sp³-hybridized carbons (Fsp3) is 0.250. The van der Waals surface area contributed by atoms with Gasteiger partial charge in [-0.1, -0.05) is 30.3 Å². The molecule has 0 saturated carbocycles. The van der Waals surface area contributed by atoms with Gasteiger partial charge in [0.1, 0.15) is 0 Å². The van der Waals surface area contributed by atoms with Gasteiger partial charge in [0.05, 0.1) is 6.04 Å². The van der Waals surface area contributed by atoms with Gasteiger partial charge in [0.15, 0.2) is 5.11 Å². The first-order valence-electron chi connectivity index (χ1n) is 4.99. The molecule has 1 aromatic rings. The molecule has 0 aliphatic carbocycles. The topological polar surface area (TPSA) is 15.3 Å². The van der Waals surface area contributed by atoms with Crippen LogP contribution in [-0.2, 0) is 0 Å². The van der Waals surface area contributed by atoms with Gasteiger partial charge in [-0.25, -0.2) is 0 Å². The van der Waals surface area contributed by atoms with Crippen molar-refractivity contribution in [1.29, 1.82) is 0 Å². The maximum absolute atomic E-state index is 5.18. The van der Waals surface area contributed by atoms with E-state index in [1.807, 2.05) is 19.3 Å². The molecule has 3 heteroatoms. The zero-order valence-corrected chi connectivity index (χ0v) is 9.71. The number of nitrogens with one attached hydrogen (secondary N) is 1. The standard InChI is InChI=1S/C12H14N2S/c1-9-11(8-13-12(15)14(9)2)10-6-4-3-5-7-10/h3-9H,1-2H3,(H,13,15)/t9-/m1/s1. The second-order valence-corrected chi connectivity index (χ2v) is 4.09. The van der Waals surface area contributed by atoms with Crippen molar-refractivity contribution in [3.8, 4) is 0 Å². The summed E-state index contributed by atoms with van der Waals surface area (Å²) in [6.45, 7) is 2.16. The minimum Gasteiger partial charge on any atom is -0.345 e. The van der Waals surface area contributed by atoms with Gasteiger partial charge < -0.3 is 10.2 Å². The molecule has 1 aliphatic heterocycles. The van der Waals surface area contributed by atoms with Crippen LogP contribution in [0.2, 0.25) is 0 Å². The highest BCUT2D eigenvalue weighted by atomic mass is 32.1. The zero-order chi connectivity index (χ0) is 10.8. The van der Waals surface area contributed by atoms with Crippen molar-refractivity contribution >= 4 is 22.9 Å². The Labute approximate surface area is 95.6 Å². The maximum Gasteiger partial charge on any atom is 0.173 e.